The molecule has 0 amide bonds. The summed E-state index contributed by atoms with van der Waals surface area (Å²) in [7, 11) is 4.27. The van der Waals surface area contributed by atoms with Gasteiger partial charge in [0.1, 0.15) is 5.52 Å². The van der Waals surface area contributed by atoms with Crippen LogP contribution in [0.3, 0.4) is 0 Å². The van der Waals surface area contributed by atoms with E-state index in [-0.39, 0.29) is 0 Å². The molecule has 2 aromatic rings. The van der Waals surface area contributed by atoms with Crippen LogP contribution in [0, 0.1) is 5.92 Å². The number of aromatic amines is 1. The second-order valence-corrected chi connectivity index (χ2v) is 5.11. The predicted octanol–water partition coefficient (Wildman–Crippen LogP) is 1.56. The first kappa shape index (κ1) is 10.6. The van der Waals surface area contributed by atoms with Gasteiger partial charge in [0.15, 0.2) is 0 Å². The van der Waals surface area contributed by atoms with E-state index in [2.05, 4.69) is 52.1 Å². The van der Waals surface area contributed by atoms with Gasteiger partial charge in [0, 0.05) is 25.6 Å². The number of benzene rings is 1. The Morgan fingerprint density at radius 1 is 1.41 bits per heavy atom. The highest BCUT2D eigenvalue weighted by molar-refractivity contribution is 5.88. The molecule has 0 aliphatic carbocycles. The van der Waals surface area contributed by atoms with Gasteiger partial charge in [-0.2, -0.15) is 0 Å². The fourth-order valence-electron chi connectivity index (χ4n) is 2.60. The molecule has 1 N–H and O–H groups in total. The number of nitrogens with one attached hydrogen (secondary N) is 1. The fourth-order valence-corrected chi connectivity index (χ4v) is 2.60. The smallest absolute Gasteiger partial charge is 0.112 e. The van der Waals surface area contributed by atoms with Gasteiger partial charge < -0.3 is 14.8 Å². The Kier molecular flexibility index (Phi) is 2.52. The maximum absolute atomic E-state index is 4.40. The molecule has 1 fully saturated rings. The van der Waals surface area contributed by atoms with Crippen LogP contribution in [0.15, 0.2) is 24.5 Å². The lowest BCUT2D eigenvalue weighted by Gasteiger charge is -2.42. The lowest BCUT2D eigenvalue weighted by molar-refractivity contribution is 0.283. The molecule has 90 valence electrons. The van der Waals surface area contributed by atoms with Crippen LogP contribution in [0.2, 0.25) is 0 Å². The van der Waals surface area contributed by atoms with Crippen molar-refractivity contribution in [2.45, 2.75) is 0 Å². The summed E-state index contributed by atoms with van der Waals surface area (Å²) in [5, 5.41) is 0. The molecule has 2 heterocycles. The summed E-state index contributed by atoms with van der Waals surface area (Å²) in [6.45, 7) is 3.46. The highest BCUT2D eigenvalue weighted by Gasteiger charge is 2.28. The minimum absolute atomic E-state index is 0.791. The second-order valence-electron chi connectivity index (χ2n) is 5.11. The van der Waals surface area contributed by atoms with Gasteiger partial charge in [-0.15, -0.1) is 0 Å². The molecular formula is C13H18N4. The number of hydrogen-bond acceptors (Lipinski definition) is 3. The third kappa shape index (κ3) is 1.89. The molecule has 4 heteroatoms. The molecule has 1 aromatic heterocycles. The number of aromatic nitrogens is 2. The fraction of sp³-hybridized carbons (Fsp3) is 0.462. The molecule has 1 saturated heterocycles. The molecule has 1 aliphatic rings. The number of nitrogens with zero attached hydrogens (tertiary/aromatic N) is 3. The largest absolute Gasteiger partial charge is 0.369 e. The van der Waals surface area contributed by atoms with Crippen LogP contribution in [0.5, 0.6) is 0 Å². The van der Waals surface area contributed by atoms with Crippen molar-refractivity contribution in [3.63, 3.8) is 0 Å². The van der Waals surface area contributed by atoms with Crippen LogP contribution in [-0.2, 0) is 0 Å². The normalized spacial score (nSPS) is 16.8. The van der Waals surface area contributed by atoms with Crippen LogP contribution in [0.1, 0.15) is 0 Å². The average Bonchev–Trinajstić information content (AvgIpc) is 2.70. The van der Waals surface area contributed by atoms with Crippen molar-refractivity contribution in [3.05, 3.63) is 24.5 Å². The van der Waals surface area contributed by atoms with Crippen LogP contribution in [0.4, 0.5) is 5.69 Å². The minimum atomic E-state index is 0.791. The molecule has 0 radical (unpaired) electrons. The standard InChI is InChI=1S/C13H18N4/c1-16(2)6-10-7-17(8-10)12-5-3-4-11-13(12)15-9-14-11/h3-5,9-10H,6-8H2,1-2H3,(H,14,15). The predicted molar refractivity (Wildman–Crippen MR) is 70.4 cm³/mol. The highest BCUT2D eigenvalue weighted by Crippen LogP contribution is 2.30. The van der Waals surface area contributed by atoms with Gasteiger partial charge >= 0.3 is 0 Å². The molecule has 1 aromatic carbocycles. The zero-order chi connectivity index (χ0) is 11.8. The van der Waals surface area contributed by atoms with Gasteiger partial charge in [0.25, 0.3) is 0 Å². The van der Waals surface area contributed by atoms with Crippen molar-refractivity contribution in [2.24, 2.45) is 5.92 Å². The van der Waals surface area contributed by atoms with Crippen molar-refractivity contribution in [1.29, 1.82) is 0 Å². The summed E-state index contributed by atoms with van der Waals surface area (Å²) < 4.78 is 0. The van der Waals surface area contributed by atoms with E-state index in [9.17, 15) is 0 Å². The molecule has 1 aliphatic heterocycles. The number of anilines is 1. The van der Waals surface area contributed by atoms with Gasteiger partial charge in [0.05, 0.1) is 17.5 Å². The molecule has 0 spiro atoms. The lowest BCUT2D eigenvalue weighted by Crippen LogP contribution is -2.50. The van der Waals surface area contributed by atoms with Crippen LogP contribution in [0.25, 0.3) is 11.0 Å². The van der Waals surface area contributed by atoms with Crippen molar-refractivity contribution in [2.75, 3.05) is 38.6 Å². The molecule has 0 unspecified atom stereocenters. The number of para-hydroxylation sites is 1. The molecule has 0 atom stereocenters. The topological polar surface area (TPSA) is 35.2 Å². The third-order valence-corrected chi connectivity index (χ3v) is 3.35. The molecule has 0 saturated carbocycles. The second kappa shape index (κ2) is 4.04. The number of hydrogen-bond donors (Lipinski definition) is 1. The zero-order valence-corrected chi connectivity index (χ0v) is 10.3. The summed E-state index contributed by atoms with van der Waals surface area (Å²) in [5.74, 6) is 0.791. The molecule has 4 nitrogen and oxygen atoms in total. The van der Waals surface area contributed by atoms with Gasteiger partial charge in [-0.1, -0.05) is 6.07 Å². The first-order valence-electron chi connectivity index (χ1n) is 6.06. The summed E-state index contributed by atoms with van der Waals surface area (Å²) in [6.07, 6.45) is 1.77. The van der Waals surface area contributed by atoms with E-state index in [1.54, 1.807) is 6.33 Å². The maximum atomic E-state index is 4.40. The van der Waals surface area contributed by atoms with E-state index in [4.69, 9.17) is 0 Å². The molecule has 17 heavy (non-hydrogen) atoms. The van der Waals surface area contributed by atoms with Crippen molar-refractivity contribution >= 4 is 16.7 Å². The Hall–Kier alpha value is -1.55. The summed E-state index contributed by atoms with van der Waals surface area (Å²) in [6, 6.07) is 6.33. The van der Waals surface area contributed by atoms with E-state index in [1.807, 2.05) is 0 Å². The number of fused-ring (bicyclic) bond motifs is 1. The number of imidazole rings is 1. The first-order valence-corrected chi connectivity index (χ1v) is 6.06. The van der Waals surface area contributed by atoms with E-state index < -0.39 is 0 Å². The summed E-state index contributed by atoms with van der Waals surface area (Å²) in [5.41, 5.74) is 3.48. The Bertz CT molecular complexity index is 511. The number of rotatable bonds is 3. The van der Waals surface area contributed by atoms with E-state index in [0.717, 1.165) is 30.0 Å². The number of H-pyrrole nitrogens is 1. The van der Waals surface area contributed by atoms with E-state index >= 15 is 0 Å². The van der Waals surface area contributed by atoms with Crippen molar-refractivity contribution in [1.82, 2.24) is 14.9 Å². The van der Waals surface area contributed by atoms with Gasteiger partial charge in [-0.05, 0) is 26.2 Å². The van der Waals surface area contributed by atoms with Crippen LogP contribution < -0.4 is 4.90 Å². The zero-order valence-electron chi connectivity index (χ0n) is 10.3. The highest BCUT2D eigenvalue weighted by atomic mass is 15.2. The van der Waals surface area contributed by atoms with Crippen LogP contribution >= 0.6 is 0 Å². The Labute approximate surface area is 101 Å². The van der Waals surface area contributed by atoms with Gasteiger partial charge in [0.2, 0.25) is 0 Å². The van der Waals surface area contributed by atoms with E-state index in [1.165, 1.54) is 12.2 Å². The summed E-state index contributed by atoms with van der Waals surface area (Å²) in [4.78, 5) is 12.2. The molecule has 3 rings (SSSR count). The average molecular weight is 230 g/mol. The molecule has 0 bridgehead atoms. The van der Waals surface area contributed by atoms with Crippen molar-refractivity contribution < 1.29 is 0 Å². The Morgan fingerprint density at radius 3 is 3.00 bits per heavy atom. The monoisotopic (exact) mass is 230 g/mol. The maximum Gasteiger partial charge on any atom is 0.112 e. The minimum Gasteiger partial charge on any atom is -0.369 e. The Morgan fingerprint density at radius 2 is 2.24 bits per heavy atom. The lowest BCUT2D eigenvalue weighted by atomic mass is 9.98. The quantitative estimate of drug-likeness (QED) is 0.869. The van der Waals surface area contributed by atoms with Crippen molar-refractivity contribution in [3.8, 4) is 0 Å². The summed E-state index contributed by atoms with van der Waals surface area (Å²) >= 11 is 0. The SMILES string of the molecule is CN(C)CC1CN(c2cccc3[nH]cnc23)C1. The van der Waals surface area contributed by atoms with Crippen LogP contribution in [-0.4, -0.2) is 48.6 Å². The first-order chi connectivity index (χ1) is 8.24. The molecular weight excluding hydrogens is 212 g/mol. The third-order valence-electron chi connectivity index (χ3n) is 3.35. The van der Waals surface area contributed by atoms with Gasteiger partial charge in [-0.3, -0.25) is 0 Å². The van der Waals surface area contributed by atoms with Gasteiger partial charge in [-0.25, -0.2) is 4.98 Å². The Balaban J connectivity index is 1.76. The van der Waals surface area contributed by atoms with E-state index in [0.29, 0.717) is 0 Å².